The third-order valence-electron chi connectivity index (χ3n) is 3.49. The normalized spacial score (nSPS) is 15.8. The zero-order valence-corrected chi connectivity index (χ0v) is 17.7. The number of guanidine groups is 1. The molecule has 1 aromatic rings. The van der Waals surface area contributed by atoms with Gasteiger partial charge in [0.25, 0.3) is 0 Å². The Hall–Kier alpha value is -0.630. The third kappa shape index (κ3) is 7.20. The molecule has 2 N–H and O–H groups in total. The average molecular weight is 448 g/mol. The van der Waals surface area contributed by atoms with E-state index in [-0.39, 0.29) is 29.5 Å². The Morgan fingerprint density at radius 1 is 1.17 bits per heavy atom. The van der Waals surface area contributed by atoms with Gasteiger partial charge in [0.2, 0.25) is 0 Å². The fourth-order valence-corrected chi connectivity index (χ4v) is 3.27. The molecule has 23 heavy (non-hydrogen) atoms. The van der Waals surface area contributed by atoms with Gasteiger partial charge < -0.3 is 15.5 Å². The summed E-state index contributed by atoms with van der Waals surface area (Å²) in [5, 5.41) is 6.73. The number of halogens is 1. The third-order valence-corrected chi connectivity index (χ3v) is 4.43. The van der Waals surface area contributed by atoms with Gasteiger partial charge in [-0.25, -0.2) is 0 Å². The summed E-state index contributed by atoms with van der Waals surface area (Å²) in [6.45, 7) is 9.49. The summed E-state index contributed by atoms with van der Waals surface area (Å²) < 4.78 is 0. The highest BCUT2D eigenvalue weighted by Gasteiger charge is 2.12. The van der Waals surface area contributed by atoms with E-state index in [4.69, 9.17) is 0 Å². The van der Waals surface area contributed by atoms with Gasteiger partial charge in [0.05, 0.1) is 0 Å². The lowest BCUT2D eigenvalue weighted by Gasteiger charge is -2.28. The molecule has 1 heterocycles. The number of nitrogens with one attached hydrogen (secondary N) is 2. The molecule has 0 spiro atoms. The van der Waals surface area contributed by atoms with Crippen LogP contribution in [0.3, 0.4) is 0 Å². The summed E-state index contributed by atoms with van der Waals surface area (Å²) in [6.07, 6.45) is 0. The van der Waals surface area contributed by atoms with Crippen LogP contribution >= 0.6 is 35.7 Å². The standard InChI is InChI=1S/C17H28N4S.HI/c1-17(2,3)20-16(18-4)19-13-14-5-7-15(8-6-14)21-9-11-22-12-10-21;/h5-8H,9-13H2,1-4H3,(H2,18,19,20);1H. The molecule has 0 bridgehead atoms. The Labute approximate surface area is 161 Å². The van der Waals surface area contributed by atoms with Gasteiger partial charge in [-0.05, 0) is 38.5 Å². The maximum absolute atomic E-state index is 4.26. The van der Waals surface area contributed by atoms with Gasteiger partial charge in [-0.1, -0.05) is 12.1 Å². The minimum Gasteiger partial charge on any atom is -0.370 e. The number of hydrogen-bond donors (Lipinski definition) is 2. The summed E-state index contributed by atoms with van der Waals surface area (Å²) in [6, 6.07) is 8.86. The van der Waals surface area contributed by atoms with E-state index < -0.39 is 0 Å². The van der Waals surface area contributed by atoms with Crippen LogP contribution in [0.2, 0.25) is 0 Å². The summed E-state index contributed by atoms with van der Waals surface area (Å²) in [4.78, 5) is 6.73. The number of nitrogens with zero attached hydrogens (tertiary/aromatic N) is 2. The van der Waals surface area contributed by atoms with Crippen molar-refractivity contribution in [3.8, 4) is 0 Å². The summed E-state index contributed by atoms with van der Waals surface area (Å²) in [7, 11) is 1.80. The molecule has 130 valence electrons. The average Bonchev–Trinajstić information content (AvgIpc) is 2.52. The molecule has 1 aliphatic rings. The van der Waals surface area contributed by atoms with E-state index in [1.165, 1.54) is 22.8 Å². The first-order valence-electron chi connectivity index (χ1n) is 7.88. The van der Waals surface area contributed by atoms with Crippen molar-refractivity contribution >= 4 is 47.4 Å². The smallest absolute Gasteiger partial charge is 0.191 e. The maximum Gasteiger partial charge on any atom is 0.191 e. The van der Waals surface area contributed by atoms with Crippen molar-refractivity contribution in [2.75, 3.05) is 36.5 Å². The van der Waals surface area contributed by atoms with Crippen molar-refractivity contribution in [2.45, 2.75) is 32.9 Å². The SMILES string of the molecule is CN=C(NCc1ccc(N2CCSCC2)cc1)NC(C)(C)C.I. The number of benzene rings is 1. The maximum atomic E-state index is 4.26. The van der Waals surface area contributed by atoms with Gasteiger partial charge in [-0.2, -0.15) is 11.8 Å². The quantitative estimate of drug-likeness (QED) is 0.423. The lowest BCUT2D eigenvalue weighted by molar-refractivity contribution is 0.501. The van der Waals surface area contributed by atoms with Crippen molar-refractivity contribution in [3.05, 3.63) is 29.8 Å². The highest BCUT2D eigenvalue weighted by atomic mass is 127. The molecule has 0 saturated carbocycles. The van der Waals surface area contributed by atoms with Gasteiger partial charge >= 0.3 is 0 Å². The number of anilines is 1. The van der Waals surface area contributed by atoms with Gasteiger partial charge in [0.1, 0.15) is 0 Å². The largest absolute Gasteiger partial charge is 0.370 e. The molecular weight excluding hydrogens is 419 g/mol. The summed E-state index contributed by atoms with van der Waals surface area (Å²) in [5.74, 6) is 3.31. The Kier molecular flexibility index (Phi) is 8.53. The van der Waals surface area contributed by atoms with Crippen molar-refractivity contribution < 1.29 is 0 Å². The summed E-state index contributed by atoms with van der Waals surface area (Å²) in [5.41, 5.74) is 2.62. The lowest BCUT2D eigenvalue weighted by Crippen LogP contribution is -2.47. The van der Waals surface area contributed by atoms with E-state index in [9.17, 15) is 0 Å². The lowest BCUT2D eigenvalue weighted by atomic mass is 10.1. The predicted octanol–water partition coefficient (Wildman–Crippen LogP) is 3.32. The molecule has 4 nitrogen and oxygen atoms in total. The zero-order valence-electron chi connectivity index (χ0n) is 14.6. The van der Waals surface area contributed by atoms with Crippen LogP contribution in [0.5, 0.6) is 0 Å². The van der Waals surface area contributed by atoms with E-state index >= 15 is 0 Å². The second kappa shape index (κ2) is 9.61. The second-order valence-corrected chi connectivity index (χ2v) is 7.79. The van der Waals surface area contributed by atoms with Crippen LogP contribution < -0.4 is 15.5 Å². The second-order valence-electron chi connectivity index (χ2n) is 6.57. The molecule has 0 unspecified atom stereocenters. The fraction of sp³-hybridized carbons (Fsp3) is 0.588. The van der Waals surface area contributed by atoms with Gasteiger partial charge in [-0.15, -0.1) is 24.0 Å². The molecule has 0 atom stereocenters. The van der Waals surface area contributed by atoms with Crippen LogP contribution in [0.4, 0.5) is 5.69 Å². The van der Waals surface area contributed by atoms with Crippen LogP contribution in [0.25, 0.3) is 0 Å². The van der Waals surface area contributed by atoms with Crippen LogP contribution in [0, 0.1) is 0 Å². The predicted molar refractivity (Wildman–Crippen MR) is 114 cm³/mol. The summed E-state index contributed by atoms with van der Waals surface area (Å²) >= 11 is 2.04. The topological polar surface area (TPSA) is 39.7 Å². The molecule has 1 saturated heterocycles. The highest BCUT2D eigenvalue weighted by molar-refractivity contribution is 14.0. The molecule has 1 aromatic carbocycles. The number of rotatable bonds is 3. The Bertz CT molecular complexity index is 490. The molecule has 0 radical (unpaired) electrons. The Morgan fingerprint density at radius 2 is 1.78 bits per heavy atom. The molecule has 0 amide bonds. The van der Waals surface area contributed by atoms with Crippen LogP contribution in [-0.2, 0) is 6.54 Å². The molecule has 2 rings (SSSR count). The first-order valence-corrected chi connectivity index (χ1v) is 9.04. The van der Waals surface area contributed by atoms with E-state index in [1.54, 1.807) is 7.05 Å². The molecule has 0 aromatic heterocycles. The minimum absolute atomic E-state index is 0. The van der Waals surface area contributed by atoms with E-state index in [0.717, 1.165) is 25.6 Å². The number of thioether (sulfide) groups is 1. The van der Waals surface area contributed by atoms with Crippen molar-refractivity contribution in [1.82, 2.24) is 10.6 Å². The first kappa shape index (κ1) is 20.4. The monoisotopic (exact) mass is 448 g/mol. The molecular formula is C17H29IN4S. The van der Waals surface area contributed by atoms with Crippen LogP contribution in [0.1, 0.15) is 26.3 Å². The van der Waals surface area contributed by atoms with Crippen LogP contribution in [-0.4, -0.2) is 43.1 Å². The van der Waals surface area contributed by atoms with Gasteiger partial charge in [0, 0.05) is 49.4 Å². The highest BCUT2D eigenvalue weighted by Crippen LogP contribution is 2.19. The first-order chi connectivity index (χ1) is 10.5. The van der Waals surface area contributed by atoms with E-state index in [0.29, 0.717) is 0 Å². The van der Waals surface area contributed by atoms with Crippen molar-refractivity contribution in [3.63, 3.8) is 0 Å². The number of hydrogen-bond acceptors (Lipinski definition) is 3. The zero-order chi connectivity index (χ0) is 16.0. The van der Waals surface area contributed by atoms with E-state index in [2.05, 4.69) is 65.6 Å². The van der Waals surface area contributed by atoms with E-state index in [1.807, 2.05) is 11.8 Å². The Balaban J connectivity index is 0.00000264. The molecule has 1 aliphatic heterocycles. The van der Waals surface area contributed by atoms with Gasteiger partial charge in [0.15, 0.2) is 5.96 Å². The number of aliphatic imine (C=N–C) groups is 1. The minimum atomic E-state index is 0. The molecule has 6 heteroatoms. The van der Waals surface area contributed by atoms with Crippen LogP contribution in [0.15, 0.2) is 29.3 Å². The van der Waals surface area contributed by atoms with Gasteiger partial charge in [-0.3, -0.25) is 4.99 Å². The fourth-order valence-electron chi connectivity index (χ4n) is 2.37. The van der Waals surface area contributed by atoms with Crippen molar-refractivity contribution in [2.24, 2.45) is 4.99 Å². The molecule has 0 aliphatic carbocycles. The molecule has 1 fully saturated rings. The van der Waals surface area contributed by atoms with Crippen molar-refractivity contribution in [1.29, 1.82) is 0 Å². The Morgan fingerprint density at radius 3 is 2.30 bits per heavy atom.